The molecule has 0 unspecified atom stereocenters. The van der Waals surface area contributed by atoms with Crippen LogP contribution in [0.5, 0.6) is 0 Å². The van der Waals surface area contributed by atoms with Crippen LogP contribution in [0.3, 0.4) is 0 Å². The zero-order valence-electron chi connectivity index (χ0n) is 22.3. The van der Waals surface area contributed by atoms with Crippen molar-refractivity contribution in [2.45, 2.75) is 0 Å². The number of rotatable bonds is 7. The van der Waals surface area contributed by atoms with Gasteiger partial charge >= 0.3 is 0 Å². The van der Waals surface area contributed by atoms with Gasteiger partial charge in [-0.2, -0.15) is 0 Å². The molecule has 0 bridgehead atoms. The molecule has 8 heteroatoms. The molecule has 4 aromatic carbocycles. The van der Waals surface area contributed by atoms with Crippen molar-refractivity contribution >= 4 is 56.8 Å². The summed E-state index contributed by atoms with van der Waals surface area (Å²) in [4.78, 5) is 36.1. The van der Waals surface area contributed by atoms with Gasteiger partial charge in [-0.25, -0.2) is 9.97 Å². The highest BCUT2D eigenvalue weighted by Crippen LogP contribution is 2.27. The smallest absolute Gasteiger partial charge is 0.252 e. The predicted octanol–water partition coefficient (Wildman–Crippen LogP) is 7.58. The molecule has 0 spiro atoms. The van der Waals surface area contributed by atoms with Gasteiger partial charge in [-0.3, -0.25) is 9.59 Å². The number of nitrogens with one attached hydrogen (secondary N) is 2. The molecule has 2 heterocycles. The maximum atomic E-state index is 13.3. The minimum atomic E-state index is -0.252. The maximum Gasteiger partial charge on any atom is 0.252 e. The van der Waals surface area contributed by atoms with Crippen molar-refractivity contribution in [2.24, 2.45) is 0 Å². The Balaban J connectivity index is 1.18. The summed E-state index contributed by atoms with van der Waals surface area (Å²) in [6.07, 6.45) is 0. The van der Waals surface area contributed by atoms with Gasteiger partial charge in [0, 0.05) is 45.0 Å². The quantitative estimate of drug-likeness (QED) is 0.188. The molecule has 2 amide bonds. The summed E-state index contributed by atoms with van der Waals surface area (Å²) in [5, 5.41) is 8.62. The molecule has 2 N–H and O–H groups in total. The first-order valence-corrected chi connectivity index (χ1v) is 14.1. The van der Waals surface area contributed by atoms with Crippen LogP contribution in [0.15, 0.2) is 109 Å². The monoisotopic (exact) mass is 590 g/mol. The summed E-state index contributed by atoms with van der Waals surface area (Å²) in [5.74, 6) is -0.505. The summed E-state index contributed by atoms with van der Waals surface area (Å²) in [6.45, 7) is 0.481. The van der Waals surface area contributed by atoms with Gasteiger partial charge in [0.15, 0.2) is 0 Å². The molecular weight excluding hydrogens is 567 g/mol. The van der Waals surface area contributed by atoms with Crippen molar-refractivity contribution in [3.05, 3.63) is 130 Å². The third-order valence-corrected chi connectivity index (χ3v) is 7.40. The van der Waals surface area contributed by atoms with E-state index in [2.05, 4.69) is 10.6 Å². The topological polar surface area (TPSA) is 84.0 Å². The summed E-state index contributed by atoms with van der Waals surface area (Å²) < 4.78 is 0. The third kappa shape index (κ3) is 5.81. The molecule has 206 valence electrons. The Labute approximate surface area is 252 Å². The minimum absolute atomic E-state index is 0.241. The number of hydrogen-bond acceptors (Lipinski definition) is 4. The lowest BCUT2D eigenvalue weighted by atomic mass is 10.0. The number of pyridine rings is 2. The lowest BCUT2D eigenvalue weighted by Crippen LogP contribution is -2.35. The van der Waals surface area contributed by atoms with Crippen molar-refractivity contribution in [3.63, 3.8) is 0 Å². The number of halogens is 2. The SMILES string of the molecule is O=C(NCCNC(=O)c1cc(-c2ccc(Cl)cc2)nc2ccccc12)c1cc(-c2ccc(Cl)cc2)nc2ccccc12. The highest BCUT2D eigenvalue weighted by Gasteiger charge is 2.16. The molecule has 0 saturated carbocycles. The largest absolute Gasteiger partial charge is 0.350 e. The number of nitrogens with zero attached hydrogens (tertiary/aromatic N) is 2. The number of carbonyl (C=O) groups excluding carboxylic acids is 2. The number of carbonyl (C=O) groups is 2. The average Bonchev–Trinajstić information content (AvgIpc) is 3.02. The first-order chi connectivity index (χ1) is 20.5. The lowest BCUT2D eigenvalue weighted by molar-refractivity contribution is 0.0929. The van der Waals surface area contributed by atoms with Crippen LogP contribution in [0, 0.1) is 0 Å². The van der Waals surface area contributed by atoms with E-state index in [-0.39, 0.29) is 24.9 Å². The van der Waals surface area contributed by atoms with Crippen LogP contribution in [0.2, 0.25) is 10.0 Å². The van der Waals surface area contributed by atoms with E-state index in [4.69, 9.17) is 33.2 Å². The molecule has 0 radical (unpaired) electrons. The van der Waals surface area contributed by atoms with E-state index in [9.17, 15) is 9.59 Å². The Morgan fingerprint density at radius 1 is 0.548 bits per heavy atom. The molecule has 6 aromatic rings. The second kappa shape index (κ2) is 12.0. The maximum absolute atomic E-state index is 13.3. The molecule has 0 aliphatic heterocycles. The van der Waals surface area contributed by atoms with Crippen LogP contribution in [0.4, 0.5) is 0 Å². The zero-order chi connectivity index (χ0) is 29.1. The molecule has 42 heavy (non-hydrogen) atoms. The summed E-state index contributed by atoms with van der Waals surface area (Å²) in [6, 6.07) is 33.2. The van der Waals surface area contributed by atoms with Gasteiger partial charge in [-0.05, 0) is 48.5 Å². The Hall–Kier alpha value is -4.78. The first kappa shape index (κ1) is 27.4. The van der Waals surface area contributed by atoms with E-state index in [1.54, 1.807) is 36.4 Å². The Bertz CT molecular complexity index is 1800. The molecular formula is C34H24Cl2N4O2. The Morgan fingerprint density at radius 3 is 1.33 bits per heavy atom. The molecule has 0 aliphatic carbocycles. The van der Waals surface area contributed by atoms with Gasteiger partial charge in [0.2, 0.25) is 0 Å². The van der Waals surface area contributed by atoms with E-state index >= 15 is 0 Å². The fourth-order valence-corrected chi connectivity index (χ4v) is 5.06. The highest BCUT2D eigenvalue weighted by molar-refractivity contribution is 6.31. The summed E-state index contributed by atoms with van der Waals surface area (Å²) >= 11 is 12.1. The van der Waals surface area contributed by atoms with Crippen molar-refractivity contribution in [3.8, 4) is 22.5 Å². The van der Waals surface area contributed by atoms with Crippen molar-refractivity contribution in [1.82, 2.24) is 20.6 Å². The van der Waals surface area contributed by atoms with Crippen LogP contribution in [0.1, 0.15) is 20.7 Å². The van der Waals surface area contributed by atoms with Crippen LogP contribution >= 0.6 is 23.2 Å². The molecule has 0 saturated heterocycles. The summed E-state index contributed by atoms with van der Waals surface area (Å²) in [5.41, 5.74) is 5.49. The van der Waals surface area contributed by atoms with Gasteiger partial charge in [-0.1, -0.05) is 83.9 Å². The van der Waals surface area contributed by atoms with E-state index in [1.807, 2.05) is 72.8 Å². The zero-order valence-corrected chi connectivity index (χ0v) is 23.8. The van der Waals surface area contributed by atoms with Crippen molar-refractivity contribution in [1.29, 1.82) is 0 Å². The number of benzene rings is 4. The van der Waals surface area contributed by atoms with Gasteiger partial charge in [-0.15, -0.1) is 0 Å². The Morgan fingerprint density at radius 2 is 0.929 bits per heavy atom. The van der Waals surface area contributed by atoms with Crippen molar-refractivity contribution in [2.75, 3.05) is 13.1 Å². The number of para-hydroxylation sites is 2. The highest BCUT2D eigenvalue weighted by atomic mass is 35.5. The fraction of sp³-hybridized carbons (Fsp3) is 0.0588. The Kier molecular flexibility index (Phi) is 7.82. The van der Waals surface area contributed by atoms with Crippen LogP contribution in [-0.4, -0.2) is 34.9 Å². The van der Waals surface area contributed by atoms with Crippen LogP contribution in [-0.2, 0) is 0 Å². The molecule has 0 atom stereocenters. The summed E-state index contributed by atoms with van der Waals surface area (Å²) in [7, 11) is 0. The van der Waals surface area contributed by atoms with Gasteiger partial charge < -0.3 is 10.6 Å². The van der Waals surface area contributed by atoms with E-state index in [0.29, 0.717) is 43.6 Å². The molecule has 0 aliphatic rings. The number of hydrogen-bond donors (Lipinski definition) is 2. The number of aromatic nitrogens is 2. The number of amides is 2. The fourth-order valence-electron chi connectivity index (χ4n) is 4.81. The predicted molar refractivity (Wildman–Crippen MR) is 169 cm³/mol. The van der Waals surface area contributed by atoms with Gasteiger partial charge in [0.05, 0.1) is 33.5 Å². The van der Waals surface area contributed by atoms with Gasteiger partial charge in [0.1, 0.15) is 0 Å². The lowest BCUT2D eigenvalue weighted by Gasteiger charge is -2.12. The van der Waals surface area contributed by atoms with Crippen LogP contribution < -0.4 is 10.6 Å². The first-order valence-electron chi connectivity index (χ1n) is 13.3. The number of fused-ring (bicyclic) bond motifs is 2. The molecule has 6 rings (SSSR count). The standard InChI is InChI=1S/C34H24Cl2N4O2/c35-23-13-9-21(10-14-23)31-19-27(25-5-1-3-7-29(25)39-31)33(41)37-17-18-38-34(42)28-20-32(22-11-15-24(36)16-12-22)40-30-8-4-2-6-26(28)30/h1-16,19-20H,17-18H2,(H,37,41)(H,38,42). The minimum Gasteiger partial charge on any atom is -0.350 e. The van der Waals surface area contributed by atoms with E-state index in [0.717, 1.165) is 21.9 Å². The van der Waals surface area contributed by atoms with E-state index in [1.165, 1.54) is 0 Å². The van der Waals surface area contributed by atoms with Crippen molar-refractivity contribution < 1.29 is 9.59 Å². The second-order valence-electron chi connectivity index (χ2n) is 9.67. The van der Waals surface area contributed by atoms with Gasteiger partial charge in [0.25, 0.3) is 11.8 Å². The normalized spacial score (nSPS) is 11.0. The van der Waals surface area contributed by atoms with Crippen LogP contribution in [0.25, 0.3) is 44.3 Å². The third-order valence-electron chi connectivity index (χ3n) is 6.90. The molecule has 2 aromatic heterocycles. The molecule has 0 fully saturated rings. The second-order valence-corrected chi connectivity index (χ2v) is 10.5. The van der Waals surface area contributed by atoms with E-state index < -0.39 is 0 Å². The molecule has 6 nitrogen and oxygen atoms in total. The average molecular weight is 591 g/mol.